The maximum atomic E-state index is 11.9. The van der Waals surface area contributed by atoms with Gasteiger partial charge in [-0.05, 0) is 118 Å². The molecule has 0 saturated heterocycles. The number of rotatable bonds is 5. The van der Waals surface area contributed by atoms with Gasteiger partial charge in [0.1, 0.15) is 0 Å². The lowest BCUT2D eigenvalue weighted by atomic mass is 9.35. The predicted molar refractivity (Wildman–Crippen MR) is 147 cm³/mol. The van der Waals surface area contributed by atoms with Gasteiger partial charge in [0.2, 0.25) is 0 Å². The maximum Gasteiger partial charge on any atom is 0.0678 e. The van der Waals surface area contributed by atoms with Crippen molar-refractivity contribution in [1.82, 2.24) is 9.97 Å². The zero-order chi connectivity index (χ0) is 27.2. The quantitative estimate of drug-likeness (QED) is 0.461. The first-order chi connectivity index (χ1) is 17.0. The zero-order valence-electron chi connectivity index (χ0n) is 24.6. The van der Waals surface area contributed by atoms with Gasteiger partial charge in [0, 0.05) is 17.8 Å². The largest absolute Gasteiger partial charge is 0.393 e. The van der Waals surface area contributed by atoms with Gasteiger partial charge in [-0.3, -0.25) is 9.97 Å². The van der Waals surface area contributed by atoms with E-state index in [0.717, 1.165) is 37.8 Å². The molecule has 208 valence electrons. The maximum absolute atomic E-state index is 11.9. The number of aliphatic hydroxyl groups is 3. The SMILES string of the molecule is CC(C)(O)CCC[C@@](C)(O)[C@H]1CC[C@]2(C)[C@@H]1[C@H](O)C[C@@H]1[C@@]3(C)Cc4nccnc4C(C)(C)[C@@H]3CC[C@]12C. The highest BCUT2D eigenvalue weighted by molar-refractivity contribution is 5.32. The summed E-state index contributed by atoms with van der Waals surface area (Å²) in [6.07, 6.45) is 11.6. The van der Waals surface area contributed by atoms with Crippen LogP contribution in [0.5, 0.6) is 0 Å². The molecule has 3 N–H and O–H groups in total. The van der Waals surface area contributed by atoms with E-state index >= 15 is 0 Å². The highest BCUT2D eigenvalue weighted by atomic mass is 16.3. The molecular formula is C32H52N2O3. The van der Waals surface area contributed by atoms with Crippen LogP contribution >= 0.6 is 0 Å². The summed E-state index contributed by atoms with van der Waals surface area (Å²) >= 11 is 0. The van der Waals surface area contributed by atoms with Crippen LogP contribution in [0.3, 0.4) is 0 Å². The second-order valence-electron chi connectivity index (χ2n) is 15.7. The fraction of sp³-hybridized carbons (Fsp3) is 0.875. The molecule has 1 aromatic heterocycles. The summed E-state index contributed by atoms with van der Waals surface area (Å²) in [5.41, 5.74) is 0.888. The number of aliphatic hydroxyl groups excluding tert-OH is 1. The average Bonchev–Trinajstić information content (AvgIpc) is 3.15. The van der Waals surface area contributed by atoms with Crippen LogP contribution in [0.2, 0.25) is 0 Å². The van der Waals surface area contributed by atoms with Gasteiger partial charge in [-0.25, -0.2) is 0 Å². The Balaban J connectivity index is 1.47. The van der Waals surface area contributed by atoms with Gasteiger partial charge in [-0.15, -0.1) is 0 Å². The van der Waals surface area contributed by atoms with Gasteiger partial charge < -0.3 is 15.3 Å². The molecule has 3 saturated carbocycles. The number of hydrogen-bond donors (Lipinski definition) is 3. The molecule has 4 aliphatic carbocycles. The lowest BCUT2D eigenvalue weighted by Gasteiger charge is -2.69. The smallest absolute Gasteiger partial charge is 0.0678 e. The molecule has 3 fully saturated rings. The van der Waals surface area contributed by atoms with E-state index in [4.69, 9.17) is 9.97 Å². The van der Waals surface area contributed by atoms with Crippen molar-refractivity contribution in [3.63, 3.8) is 0 Å². The molecule has 0 aromatic carbocycles. The van der Waals surface area contributed by atoms with Gasteiger partial charge in [-0.2, -0.15) is 0 Å². The monoisotopic (exact) mass is 512 g/mol. The average molecular weight is 513 g/mol. The third kappa shape index (κ3) is 3.96. The highest BCUT2D eigenvalue weighted by Crippen LogP contribution is 2.75. The Hall–Kier alpha value is -1.04. The summed E-state index contributed by atoms with van der Waals surface area (Å²) in [6, 6.07) is 0. The fourth-order valence-corrected chi connectivity index (χ4v) is 10.9. The molecule has 5 nitrogen and oxygen atoms in total. The molecule has 0 spiro atoms. The summed E-state index contributed by atoms with van der Waals surface area (Å²) in [4.78, 5) is 9.65. The minimum absolute atomic E-state index is 0.0129. The lowest BCUT2D eigenvalue weighted by molar-refractivity contribution is -0.224. The Kier molecular flexibility index (Phi) is 6.31. The van der Waals surface area contributed by atoms with Crippen LogP contribution in [0.15, 0.2) is 12.4 Å². The van der Waals surface area contributed by atoms with E-state index in [0.29, 0.717) is 24.7 Å². The summed E-state index contributed by atoms with van der Waals surface area (Å²) in [5, 5.41) is 33.9. The van der Waals surface area contributed by atoms with Gasteiger partial charge in [0.25, 0.3) is 0 Å². The second-order valence-corrected chi connectivity index (χ2v) is 15.7. The van der Waals surface area contributed by atoms with Crippen LogP contribution in [0.25, 0.3) is 0 Å². The van der Waals surface area contributed by atoms with Crippen molar-refractivity contribution in [2.75, 3.05) is 0 Å². The molecule has 1 heterocycles. The van der Waals surface area contributed by atoms with E-state index in [-0.39, 0.29) is 33.5 Å². The molecular weight excluding hydrogens is 460 g/mol. The molecule has 5 rings (SSSR count). The van der Waals surface area contributed by atoms with Crippen molar-refractivity contribution < 1.29 is 15.3 Å². The highest BCUT2D eigenvalue weighted by Gasteiger charge is 2.71. The van der Waals surface area contributed by atoms with Crippen LogP contribution in [0, 0.1) is 39.9 Å². The van der Waals surface area contributed by atoms with Gasteiger partial charge in [0.15, 0.2) is 0 Å². The molecule has 37 heavy (non-hydrogen) atoms. The van der Waals surface area contributed by atoms with E-state index < -0.39 is 17.3 Å². The van der Waals surface area contributed by atoms with Crippen LogP contribution in [-0.2, 0) is 11.8 Å². The molecule has 0 radical (unpaired) electrons. The van der Waals surface area contributed by atoms with Crippen molar-refractivity contribution in [3.8, 4) is 0 Å². The first kappa shape index (κ1) is 27.5. The summed E-state index contributed by atoms with van der Waals surface area (Å²) in [5.74, 6) is 1.11. The fourth-order valence-electron chi connectivity index (χ4n) is 10.9. The Bertz CT molecular complexity index is 1030. The van der Waals surface area contributed by atoms with Crippen molar-refractivity contribution in [1.29, 1.82) is 0 Å². The Labute approximate surface area is 224 Å². The molecule has 0 aliphatic heterocycles. The number of fused-ring (bicyclic) bond motifs is 6. The zero-order valence-corrected chi connectivity index (χ0v) is 24.6. The minimum Gasteiger partial charge on any atom is -0.393 e. The van der Waals surface area contributed by atoms with Crippen molar-refractivity contribution >= 4 is 0 Å². The molecule has 4 aliphatic rings. The third-order valence-electron chi connectivity index (χ3n) is 12.7. The molecule has 5 heteroatoms. The molecule has 9 atom stereocenters. The molecule has 1 aromatic rings. The standard InChI is InChI=1S/C32H52N2O3/c1-27(2,36)12-9-13-32(8,37)20-10-14-31(7)25(20)22(35)18-24-29(5)19-21-26(34-17-16-33-21)28(3,4)23(29)11-15-30(24,31)6/h16-17,20,22-25,35-37H,9-15,18-19H2,1-8H3/t20-,22+,23-,24+,25-,29-,30+,31+,32+/m0/s1. The Morgan fingerprint density at radius 1 is 0.892 bits per heavy atom. The van der Waals surface area contributed by atoms with Crippen LogP contribution in [0.4, 0.5) is 0 Å². The second kappa shape index (κ2) is 8.48. The van der Waals surface area contributed by atoms with E-state index in [1.807, 2.05) is 33.2 Å². The van der Waals surface area contributed by atoms with E-state index in [9.17, 15) is 15.3 Å². The summed E-state index contributed by atoms with van der Waals surface area (Å²) < 4.78 is 0. The summed E-state index contributed by atoms with van der Waals surface area (Å²) in [7, 11) is 0. The number of aromatic nitrogens is 2. The van der Waals surface area contributed by atoms with Gasteiger partial charge in [0.05, 0.1) is 28.7 Å². The van der Waals surface area contributed by atoms with Crippen LogP contribution in [0.1, 0.15) is 118 Å². The van der Waals surface area contributed by atoms with Crippen LogP contribution < -0.4 is 0 Å². The predicted octanol–water partition coefficient (Wildman–Crippen LogP) is 5.84. The first-order valence-corrected chi connectivity index (χ1v) is 14.9. The van der Waals surface area contributed by atoms with Crippen LogP contribution in [-0.4, -0.2) is 42.6 Å². The number of hydrogen-bond acceptors (Lipinski definition) is 5. The lowest BCUT2D eigenvalue weighted by Crippen LogP contribution is -2.66. The first-order valence-electron chi connectivity index (χ1n) is 14.9. The Morgan fingerprint density at radius 3 is 2.22 bits per heavy atom. The minimum atomic E-state index is -0.833. The molecule has 0 unspecified atom stereocenters. The van der Waals surface area contributed by atoms with Gasteiger partial charge in [-0.1, -0.05) is 34.6 Å². The van der Waals surface area contributed by atoms with Crippen molar-refractivity contribution in [2.45, 2.75) is 136 Å². The topological polar surface area (TPSA) is 86.5 Å². The van der Waals surface area contributed by atoms with Crippen molar-refractivity contribution in [3.05, 3.63) is 23.8 Å². The van der Waals surface area contributed by atoms with E-state index in [1.54, 1.807) is 0 Å². The molecule has 0 amide bonds. The van der Waals surface area contributed by atoms with Gasteiger partial charge >= 0.3 is 0 Å². The van der Waals surface area contributed by atoms with E-state index in [2.05, 4.69) is 34.6 Å². The van der Waals surface area contributed by atoms with Crippen molar-refractivity contribution in [2.24, 2.45) is 39.9 Å². The number of nitrogens with zero attached hydrogens (tertiary/aromatic N) is 2. The van der Waals surface area contributed by atoms with E-state index in [1.165, 1.54) is 18.5 Å². The summed E-state index contributed by atoms with van der Waals surface area (Å²) in [6.45, 7) is 17.9. The third-order valence-corrected chi connectivity index (χ3v) is 12.7. The normalized spacial score (nSPS) is 44.2. The Morgan fingerprint density at radius 2 is 1.54 bits per heavy atom. The molecule has 0 bridgehead atoms.